The second-order valence-corrected chi connectivity index (χ2v) is 5.50. The summed E-state index contributed by atoms with van der Waals surface area (Å²) < 4.78 is 9.96. The Bertz CT molecular complexity index is 521. The maximum atomic E-state index is 12.4. The van der Waals surface area contributed by atoms with E-state index in [0.29, 0.717) is 24.7 Å². The molecule has 1 unspecified atom stereocenters. The molecule has 0 spiro atoms. The molecule has 1 aliphatic carbocycles. The second-order valence-electron chi connectivity index (χ2n) is 5.50. The Morgan fingerprint density at radius 2 is 2.20 bits per heavy atom. The van der Waals surface area contributed by atoms with Crippen LogP contribution in [0.3, 0.4) is 0 Å². The summed E-state index contributed by atoms with van der Waals surface area (Å²) in [5.41, 5.74) is 0.345. The number of nitrogens with zero attached hydrogens (tertiary/aromatic N) is 2. The van der Waals surface area contributed by atoms with E-state index in [1.54, 1.807) is 11.0 Å². The van der Waals surface area contributed by atoms with Gasteiger partial charge < -0.3 is 14.2 Å². The average molecular weight is 278 g/mol. The van der Waals surface area contributed by atoms with Crippen LogP contribution < -0.4 is 0 Å². The molecule has 1 aromatic rings. The van der Waals surface area contributed by atoms with Crippen LogP contribution in [0.2, 0.25) is 0 Å². The van der Waals surface area contributed by atoms with E-state index < -0.39 is 0 Å². The Morgan fingerprint density at radius 1 is 1.40 bits per heavy atom. The van der Waals surface area contributed by atoms with Gasteiger partial charge in [0, 0.05) is 25.1 Å². The molecule has 108 valence electrons. The number of aromatic nitrogens is 1. The molecule has 20 heavy (non-hydrogen) atoms. The van der Waals surface area contributed by atoms with Crippen molar-refractivity contribution in [3.63, 3.8) is 0 Å². The van der Waals surface area contributed by atoms with E-state index in [4.69, 9.17) is 9.26 Å². The lowest BCUT2D eigenvalue weighted by Gasteiger charge is -2.30. The minimum atomic E-state index is -0.249. The fourth-order valence-electron chi connectivity index (χ4n) is 2.63. The molecular formula is C14H18N2O4. The van der Waals surface area contributed by atoms with Gasteiger partial charge >= 0.3 is 5.97 Å². The summed E-state index contributed by atoms with van der Waals surface area (Å²) >= 11 is 0. The van der Waals surface area contributed by atoms with Gasteiger partial charge in [0.1, 0.15) is 5.76 Å². The number of piperidine rings is 1. The monoisotopic (exact) mass is 278 g/mol. The zero-order valence-electron chi connectivity index (χ0n) is 11.5. The van der Waals surface area contributed by atoms with Gasteiger partial charge in [0.2, 0.25) is 0 Å². The Morgan fingerprint density at radius 3 is 2.90 bits per heavy atom. The first-order chi connectivity index (χ1) is 9.69. The molecule has 1 aliphatic heterocycles. The average Bonchev–Trinajstić information content (AvgIpc) is 3.23. The number of amides is 1. The number of hydrogen-bond acceptors (Lipinski definition) is 5. The van der Waals surface area contributed by atoms with Crippen molar-refractivity contribution in [2.45, 2.75) is 31.6 Å². The SMILES string of the molecule is COC(=O)C1CCCN(C(=O)c2cc(C3CC3)on2)C1. The van der Waals surface area contributed by atoms with Gasteiger partial charge in [0.25, 0.3) is 5.91 Å². The number of carbonyl (C=O) groups is 2. The van der Waals surface area contributed by atoms with Crippen LogP contribution in [-0.4, -0.2) is 42.1 Å². The summed E-state index contributed by atoms with van der Waals surface area (Å²) in [7, 11) is 1.38. The Hall–Kier alpha value is -1.85. The number of likely N-dealkylation sites (tertiary alicyclic amines) is 1. The van der Waals surface area contributed by atoms with Gasteiger partial charge in [-0.2, -0.15) is 0 Å². The molecule has 1 atom stereocenters. The number of ether oxygens (including phenoxy) is 1. The standard InChI is InChI=1S/C14H18N2O4/c1-19-14(18)10-3-2-6-16(8-10)13(17)11-7-12(20-15-11)9-4-5-9/h7,9-10H,2-6,8H2,1H3. The van der Waals surface area contributed by atoms with Crippen molar-refractivity contribution in [3.05, 3.63) is 17.5 Å². The minimum absolute atomic E-state index is 0.158. The molecule has 2 fully saturated rings. The van der Waals surface area contributed by atoms with E-state index >= 15 is 0 Å². The third-order valence-corrected chi connectivity index (χ3v) is 3.97. The van der Waals surface area contributed by atoms with Crippen molar-refractivity contribution in [2.75, 3.05) is 20.2 Å². The minimum Gasteiger partial charge on any atom is -0.469 e. The van der Waals surface area contributed by atoms with Gasteiger partial charge in [0.15, 0.2) is 5.69 Å². The fraction of sp³-hybridized carbons (Fsp3) is 0.643. The fourth-order valence-corrected chi connectivity index (χ4v) is 2.63. The predicted molar refractivity (Wildman–Crippen MR) is 69.1 cm³/mol. The van der Waals surface area contributed by atoms with Gasteiger partial charge in [-0.1, -0.05) is 5.16 Å². The summed E-state index contributed by atoms with van der Waals surface area (Å²) in [6.07, 6.45) is 3.79. The van der Waals surface area contributed by atoms with Gasteiger partial charge in [0.05, 0.1) is 13.0 Å². The highest BCUT2D eigenvalue weighted by Gasteiger charge is 2.33. The normalized spacial score (nSPS) is 22.6. The molecular weight excluding hydrogens is 260 g/mol. The van der Waals surface area contributed by atoms with Crippen molar-refractivity contribution >= 4 is 11.9 Å². The molecule has 6 nitrogen and oxygen atoms in total. The molecule has 3 rings (SSSR count). The summed E-state index contributed by atoms with van der Waals surface area (Å²) in [6.45, 7) is 1.05. The zero-order valence-corrected chi connectivity index (χ0v) is 11.5. The summed E-state index contributed by atoms with van der Waals surface area (Å²) in [4.78, 5) is 25.6. The van der Waals surface area contributed by atoms with Crippen LogP contribution in [0.5, 0.6) is 0 Å². The Kier molecular flexibility index (Phi) is 3.46. The molecule has 0 aromatic carbocycles. The third kappa shape index (κ3) is 2.55. The van der Waals surface area contributed by atoms with Crippen LogP contribution in [0.1, 0.15) is 47.8 Å². The molecule has 0 N–H and O–H groups in total. The van der Waals surface area contributed by atoms with Gasteiger partial charge in [-0.05, 0) is 25.7 Å². The molecule has 1 aromatic heterocycles. The molecule has 1 amide bonds. The van der Waals surface area contributed by atoms with Crippen LogP contribution in [-0.2, 0) is 9.53 Å². The largest absolute Gasteiger partial charge is 0.469 e. The van der Waals surface area contributed by atoms with Gasteiger partial charge in [-0.25, -0.2) is 0 Å². The van der Waals surface area contributed by atoms with E-state index in [0.717, 1.165) is 31.4 Å². The first-order valence-electron chi connectivity index (χ1n) is 7.02. The summed E-state index contributed by atoms with van der Waals surface area (Å²) in [6, 6.07) is 1.74. The lowest BCUT2D eigenvalue weighted by Crippen LogP contribution is -2.42. The van der Waals surface area contributed by atoms with Crippen LogP contribution in [0.4, 0.5) is 0 Å². The van der Waals surface area contributed by atoms with Crippen LogP contribution in [0.15, 0.2) is 10.6 Å². The second kappa shape index (κ2) is 5.26. The summed E-state index contributed by atoms with van der Waals surface area (Å²) in [5, 5.41) is 3.86. The molecule has 2 aliphatic rings. The highest BCUT2D eigenvalue weighted by Crippen LogP contribution is 2.40. The van der Waals surface area contributed by atoms with E-state index in [-0.39, 0.29) is 17.8 Å². The molecule has 1 saturated carbocycles. The lowest BCUT2D eigenvalue weighted by molar-refractivity contribution is -0.146. The van der Waals surface area contributed by atoms with E-state index in [2.05, 4.69) is 5.16 Å². The van der Waals surface area contributed by atoms with Gasteiger partial charge in [-0.15, -0.1) is 0 Å². The van der Waals surface area contributed by atoms with Crippen molar-refractivity contribution in [1.82, 2.24) is 10.1 Å². The molecule has 0 radical (unpaired) electrons. The molecule has 6 heteroatoms. The molecule has 2 heterocycles. The lowest BCUT2D eigenvalue weighted by atomic mass is 9.98. The van der Waals surface area contributed by atoms with Crippen LogP contribution >= 0.6 is 0 Å². The highest BCUT2D eigenvalue weighted by atomic mass is 16.5. The van der Waals surface area contributed by atoms with Crippen molar-refractivity contribution in [1.29, 1.82) is 0 Å². The maximum absolute atomic E-state index is 12.4. The van der Waals surface area contributed by atoms with Crippen LogP contribution in [0.25, 0.3) is 0 Å². The number of esters is 1. The molecule has 0 bridgehead atoms. The van der Waals surface area contributed by atoms with Gasteiger partial charge in [-0.3, -0.25) is 9.59 Å². The van der Waals surface area contributed by atoms with E-state index in [9.17, 15) is 9.59 Å². The Labute approximate surface area is 117 Å². The number of rotatable bonds is 3. The quantitative estimate of drug-likeness (QED) is 0.785. The number of methoxy groups -OCH3 is 1. The maximum Gasteiger partial charge on any atom is 0.310 e. The first kappa shape index (κ1) is 13.1. The van der Waals surface area contributed by atoms with Crippen molar-refractivity contribution in [3.8, 4) is 0 Å². The first-order valence-corrected chi connectivity index (χ1v) is 7.02. The smallest absolute Gasteiger partial charge is 0.310 e. The van der Waals surface area contributed by atoms with Crippen molar-refractivity contribution < 1.29 is 18.8 Å². The van der Waals surface area contributed by atoms with Crippen LogP contribution in [0, 0.1) is 5.92 Å². The van der Waals surface area contributed by atoms with Crippen molar-refractivity contribution in [2.24, 2.45) is 5.92 Å². The predicted octanol–water partition coefficient (Wildman–Crippen LogP) is 1.58. The summed E-state index contributed by atoms with van der Waals surface area (Å²) in [5.74, 6) is 0.603. The zero-order chi connectivity index (χ0) is 14.1. The van der Waals surface area contributed by atoms with E-state index in [1.165, 1.54) is 7.11 Å². The number of hydrogen-bond donors (Lipinski definition) is 0. The van der Waals surface area contributed by atoms with E-state index in [1.807, 2.05) is 0 Å². The highest BCUT2D eigenvalue weighted by molar-refractivity contribution is 5.92. The topological polar surface area (TPSA) is 72.6 Å². The molecule has 1 saturated heterocycles. The third-order valence-electron chi connectivity index (χ3n) is 3.97. The Balaban J connectivity index is 1.67. The number of carbonyl (C=O) groups excluding carboxylic acids is 2.